The molecule has 0 atom stereocenters. The maximum atomic E-state index is 5.47. The average molecular weight is 189 g/mol. The Bertz CT molecular complexity index is 227. The zero-order valence-corrected chi connectivity index (χ0v) is 7.41. The molecule has 12 heavy (non-hydrogen) atoms. The zero-order chi connectivity index (χ0) is 8.81. The molecule has 0 saturated heterocycles. The Morgan fingerprint density at radius 2 is 2.00 bits per heavy atom. The van der Waals surface area contributed by atoms with Crippen molar-refractivity contribution in [2.75, 3.05) is 20.3 Å². The molecule has 0 amide bonds. The summed E-state index contributed by atoms with van der Waals surface area (Å²) in [5, 5.41) is 0.217. The Balaban J connectivity index is 2.37. The molecule has 0 unspecified atom stereocenters. The van der Waals surface area contributed by atoms with Crippen LogP contribution in [-0.4, -0.2) is 30.3 Å². The van der Waals surface area contributed by atoms with Crippen LogP contribution in [-0.2, 0) is 4.74 Å². The fourth-order valence-corrected chi connectivity index (χ4v) is 0.715. The third-order valence-electron chi connectivity index (χ3n) is 1.15. The maximum absolute atomic E-state index is 5.47. The molecule has 66 valence electrons. The van der Waals surface area contributed by atoms with E-state index >= 15 is 0 Å². The van der Waals surface area contributed by atoms with Crippen LogP contribution in [0.1, 0.15) is 0 Å². The van der Waals surface area contributed by atoms with Crippen LogP contribution in [0, 0.1) is 0 Å². The van der Waals surface area contributed by atoms with Gasteiger partial charge in [-0.15, -0.1) is 0 Å². The summed E-state index contributed by atoms with van der Waals surface area (Å²) in [5.74, 6) is 0.594. The van der Waals surface area contributed by atoms with Crippen molar-refractivity contribution in [2.24, 2.45) is 0 Å². The number of hydrogen-bond donors (Lipinski definition) is 0. The molecule has 0 bridgehead atoms. The maximum Gasteiger partial charge on any atom is 0.222 e. The van der Waals surface area contributed by atoms with Crippen molar-refractivity contribution in [1.29, 1.82) is 0 Å². The van der Waals surface area contributed by atoms with Crippen LogP contribution in [0.2, 0.25) is 5.28 Å². The van der Waals surface area contributed by atoms with Crippen LogP contribution in [0.4, 0.5) is 0 Å². The Kier molecular flexibility index (Phi) is 3.76. The summed E-state index contributed by atoms with van der Waals surface area (Å²) in [4.78, 5) is 7.49. The second kappa shape index (κ2) is 4.90. The first-order valence-corrected chi connectivity index (χ1v) is 3.80. The minimum absolute atomic E-state index is 0.217. The first kappa shape index (κ1) is 9.22. The van der Waals surface area contributed by atoms with Crippen LogP contribution < -0.4 is 4.74 Å². The Morgan fingerprint density at radius 3 is 2.58 bits per heavy atom. The van der Waals surface area contributed by atoms with Gasteiger partial charge in [0.2, 0.25) is 5.28 Å². The van der Waals surface area contributed by atoms with Crippen molar-refractivity contribution < 1.29 is 9.47 Å². The monoisotopic (exact) mass is 188 g/mol. The van der Waals surface area contributed by atoms with Gasteiger partial charge in [0.25, 0.3) is 0 Å². The molecule has 5 heteroatoms. The highest BCUT2D eigenvalue weighted by Crippen LogP contribution is 2.07. The van der Waals surface area contributed by atoms with E-state index in [-0.39, 0.29) is 5.28 Å². The van der Waals surface area contributed by atoms with Gasteiger partial charge < -0.3 is 9.47 Å². The fourth-order valence-electron chi connectivity index (χ4n) is 0.618. The molecule has 0 aromatic carbocycles. The number of hydrogen-bond acceptors (Lipinski definition) is 4. The van der Waals surface area contributed by atoms with E-state index < -0.39 is 0 Å². The zero-order valence-electron chi connectivity index (χ0n) is 6.66. The minimum Gasteiger partial charge on any atom is -0.488 e. The van der Waals surface area contributed by atoms with Gasteiger partial charge >= 0.3 is 0 Å². The third-order valence-corrected chi connectivity index (χ3v) is 1.35. The molecular formula is C7H9ClN2O2. The fraction of sp³-hybridized carbons (Fsp3) is 0.429. The van der Waals surface area contributed by atoms with Gasteiger partial charge in [0.15, 0.2) is 5.75 Å². The van der Waals surface area contributed by atoms with E-state index in [1.165, 1.54) is 12.4 Å². The highest BCUT2D eigenvalue weighted by atomic mass is 35.5. The van der Waals surface area contributed by atoms with Gasteiger partial charge in [0.1, 0.15) is 6.61 Å². The molecule has 0 saturated carbocycles. The molecule has 0 N–H and O–H groups in total. The molecule has 0 aliphatic carbocycles. The first-order valence-electron chi connectivity index (χ1n) is 3.42. The van der Waals surface area contributed by atoms with E-state index in [2.05, 4.69) is 9.97 Å². The van der Waals surface area contributed by atoms with E-state index in [0.717, 1.165) is 0 Å². The summed E-state index contributed by atoms with van der Waals surface area (Å²) in [6.45, 7) is 1.03. The van der Waals surface area contributed by atoms with E-state index in [0.29, 0.717) is 19.0 Å². The van der Waals surface area contributed by atoms with Gasteiger partial charge in [-0.2, -0.15) is 0 Å². The van der Waals surface area contributed by atoms with E-state index in [9.17, 15) is 0 Å². The largest absolute Gasteiger partial charge is 0.488 e. The summed E-state index contributed by atoms with van der Waals surface area (Å²) in [6.07, 6.45) is 3.04. The highest BCUT2D eigenvalue weighted by Gasteiger charge is 1.94. The van der Waals surface area contributed by atoms with E-state index in [1.54, 1.807) is 7.11 Å². The smallest absolute Gasteiger partial charge is 0.222 e. The SMILES string of the molecule is COCCOc1cnc(Cl)nc1. The van der Waals surface area contributed by atoms with Crippen LogP contribution in [0.15, 0.2) is 12.4 Å². The quantitative estimate of drug-likeness (QED) is 0.525. The van der Waals surface area contributed by atoms with Crippen molar-refractivity contribution in [3.05, 3.63) is 17.7 Å². The van der Waals surface area contributed by atoms with Crippen molar-refractivity contribution >= 4 is 11.6 Å². The lowest BCUT2D eigenvalue weighted by Crippen LogP contribution is -2.04. The predicted octanol–water partition coefficient (Wildman–Crippen LogP) is 1.16. The summed E-state index contributed by atoms with van der Waals surface area (Å²) in [5.41, 5.74) is 0. The Labute approximate surface area is 75.5 Å². The molecule has 1 heterocycles. The van der Waals surface area contributed by atoms with Crippen LogP contribution in [0.5, 0.6) is 5.75 Å². The molecule has 1 aromatic heterocycles. The highest BCUT2D eigenvalue weighted by molar-refractivity contribution is 6.28. The molecule has 0 radical (unpaired) electrons. The Morgan fingerprint density at radius 1 is 1.33 bits per heavy atom. The average Bonchev–Trinajstić information content (AvgIpc) is 2.09. The normalized spacial score (nSPS) is 9.83. The number of ether oxygens (including phenoxy) is 2. The van der Waals surface area contributed by atoms with Crippen molar-refractivity contribution in [3.63, 3.8) is 0 Å². The van der Waals surface area contributed by atoms with Gasteiger partial charge in [-0.25, -0.2) is 9.97 Å². The summed E-state index contributed by atoms with van der Waals surface area (Å²) < 4.78 is 9.99. The lowest BCUT2D eigenvalue weighted by atomic mass is 10.6. The van der Waals surface area contributed by atoms with Gasteiger partial charge in [-0.1, -0.05) is 0 Å². The number of methoxy groups -OCH3 is 1. The van der Waals surface area contributed by atoms with Crippen LogP contribution >= 0.6 is 11.6 Å². The molecule has 0 fully saturated rings. The number of halogens is 1. The van der Waals surface area contributed by atoms with E-state index in [1.807, 2.05) is 0 Å². The summed E-state index contributed by atoms with van der Waals surface area (Å²) >= 11 is 5.47. The molecule has 1 aromatic rings. The summed E-state index contributed by atoms with van der Waals surface area (Å²) in [7, 11) is 1.61. The van der Waals surface area contributed by atoms with Crippen LogP contribution in [0.3, 0.4) is 0 Å². The first-order chi connectivity index (χ1) is 5.83. The van der Waals surface area contributed by atoms with Crippen molar-refractivity contribution in [3.8, 4) is 5.75 Å². The molecular weight excluding hydrogens is 180 g/mol. The molecule has 0 aliphatic heterocycles. The van der Waals surface area contributed by atoms with Gasteiger partial charge in [-0.05, 0) is 11.6 Å². The second-order valence-electron chi connectivity index (χ2n) is 2.03. The second-order valence-corrected chi connectivity index (χ2v) is 2.37. The van der Waals surface area contributed by atoms with Gasteiger partial charge in [0, 0.05) is 7.11 Å². The molecule has 4 nitrogen and oxygen atoms in total. The molecule has 1 rings (SSSR count). The van der Waals surface area contributed by atoms with Gasteiger partial charge in [0.05, 0.1) is 19.0 Å². The summed E-state index contributed by atoms with van der Waals surface area (Å²) in [6, 6.07) is 0. The van der Waals surface area contributed by atoms with E-state index in [4.69, 9.17) is 21.1 Å². The number of rotatable bonds is 4. The van der Waals surface area contributed by atoms with Crippen molar-refractivity contribution in [2.45, 2.75) is 0 Å². The van der Waals surface area contributed by atoms with Crippen LogP contribution in [0.25, 0.3) is 0 Å². The minimum atomic E-state index is 0.217. The standard InChI is InChI=1S/C7H9ClN2O2/c1-11-2-3-12-6-4-9-7(8)10-5-6/h4-5H,2-3H2,1H3. The van der Waals surface area contributed by atoms with Gasteiger partial charge in [-0.3, -0.25) is 0 Å². The third kappa shape index (κ3) is 3.02. The molecule has 0 spiro atoms. The topological polar surface area (TPSA) is 44.2 Å². The molecule has 0 aliphatic rings. The lowest BCUT2D eigenvalue weighted by molar-refractivity contribution is 0.146. The van der Waals surface area contributed by atoms with Crippen molar-refractivity contribution in [1.82, 2.24) is 9.97 Å². The predicted molar refractivity (Wildman–Crippen MR) is 44.4 cm³/mol. The number of aromatic nitrogens is 2. The Hall–Kier alpha value is -0.870. The lowest BCUT2D eigenvalue weighted by Gasteiger charge is -2.03. The number of nitrogens with zero attached hydrogens (tertiary/aromatic N) is 2.